The molecule has 5 nitrogen and oxygen atoms in total. The van der Waals surface area contributed by atoms with Crippen LogP contribution in [0, 0.1) is 0 Å². The zero-order valence-corrected chi connectivity index (χ0v) is 10.6. The van der Waals surface area contributed by atoms with Crippen molar-refractivity contribution in [3.63, 3.8) is 0 Å². The lowest BCUT2D eigenvalue weighted by Gasteiger charge is -2.11. The van der Waals surface area contributed by atoms with Gasteiger partial charge in [-0.2, -0.15) is 5.10 Å². The van der Waals surface area contributed by atoms with Crippen LogP contribution in [0.25, 0.3) is 0 Å². The molecule has 0 radical (unpaired) electrons. The maximum Gasteiger partial charge on any atom is 0.0751 e. The van der Waals surface area contributed by atoms with Crippen LogP contribution in [0.15, 0.2) is 12.4 Å². The molecule has 0 aromatic carbocycles. The van der Waals surface area contributed by atoms with E-state index in [-0.39, 0.29) is 0 Å². The molecule has 0 spiro atoms. The van der Waals surface area contributed by atoms with Crippen LogP contribution < -0.4 is 5.32 Å². The molecule has 0 aliphatic carbocycles. The number of hydrogen-bond donors (Lipinski definition) is 1. The number of anilines is 1. The summed E-state index contributed by atoms with van der Waals surface area (Å²) >= 11 is 0. The summed E-state index contributed by atoms with van der Waals surface area (Å²) < 4.78 is 12.6. The summed E-state index contributed by atoms with van der Waals surface area (Å²) in [5.41, 5.74) is 1.05. The molecule has 1 fully saturated rings. The van der Waals surface area contributed by atoms with Gasteiger partial charge < -0.3 is 14.8 Å². The molecule has 0 amide bonds. The van der Waals surface area contributed by atoms with Crippen LogP contribution in [0.1, 0.15) is 19.8 Å². The van der Waals surface area contributed by atoms with Gasteiger partial charge in [-0.05, 0) is 19.8 Å². The highest BCUT2D eigenvalue weighted by Gasteiger charge is 2.21. The van der Waals surface area contributed by atoms with Gasteiger partial charge in [0.25, 0.3) is 0 Å². The molecule has 17 heavy (non-hydrogen) atoms. The number of rotatable bonds is 6. The first-order valence-electron chi connectivity index (χ1n) is 6.18. The molecule has 96 valence electrons. The molecule has 5 heteroatoms. The lowest BCUT2D eigenvalue weighted by molar-refractivity contribution is 0.0637. The highest BCUT2D eigenvalue weighted by Crippen LogP contribution is 2.19. The van der Waals surface area contributed by atoms with E-state index in [2.05, 4.69) is 17.3 Å². The highest BCUT2D eigenvalue weighted by molar-refractivity contribution is 5.38. The monoisotopic (exact) mass is 239 g/mol. The quantitative estimate of drug-likeness (QED) is 0.817. The van der Waals surface area contributed by atoms with Crippen molar-refractivity contribution in [3.8, 4) is 0 Å². The fraction of sp³-hybridized carbons (Fsp3) is 0.750. The average Bonchev–Trinajstić information content (AvgIpc) is 2.93. The van der Waals surface area contributed by atoms with Gasteiger partial charge in [0.15, 0.2) is 0 Å². The molecule has 1 saturated heterocycles. The Kier molecular flexibility index (Phi) is 4.39. The minimum atomic E-state index is 0.340. The van der Waals surface area contributed by atoms with E-state index >= 15 is 0 Å². The first-order chi connectivity index (χ1) is 8.28. The molecule has 1 aliphatic rings. The number of aromatic nitrogens is 2. The largest absolute Gasteiger partial charge is 0.383 e. The van der Waals surface area contributed by atoms with Crippen LogP contribution in [0.2, 0.25) is 0 Å². The van der Waals surface area contributed by atoms with Gasteiger partial charge in [0.05, 0.1) is 37.2 Å². The van der Waals surface area contributed by atoms with Crippen molar-refractivity contribution in [1.82, 2.24) is 9.78 Å². The summed E-state index contributed by atoms with van der Waals surface area (Å²) in [6.45, 7) is 4.46. The van der Waals surface area contributed by atoms with Crippen LogP contribution in [0.5, 0.6) is 0 Å². The van der Waals surface area contributed by atoms with Crippen LogP contribution in [-0.4, -0.2) is 42.2 Å². The summed E-state index contributed by atoms with van der Waals surface area (Å²) in [7, 11) is 1.70. The van der Waals surface area contributed by atoms with Gasteiger partial charge in [0.2, 0.25) is 0 Å². The van der Waals surface area contributed by atoms with E-state index in [9.17, 15) is 0 Å². The minimum Gasteiger partial charge on any atom is -0.383 e. The summed E-state index contributed by atoms with van der Waals surface area (Å²) in [4.78, 5) is 0. The molecular formula is C12H21N3O2. The zero-order valence-electron chi connectivity index (χ0n) is 10.6. The van der Waals surface area contributed by atoms with Gasteiger partial charge in [0, 0.05) is 19.9 Å². The Morgan fingerprint density at radius 1 is 1.59 bits per heavy atom. The van der Waals surface area contributed by atoms with E-state index in [0.717, 1.165) is 25.2 Å². The first-order valence-corrected chi connectivity index (χ1v) is 6.18. The van der Waals surface area contributed by atoms with Crippen LogP contribution in [-0.2, 0) is 16.0 Å². The molecule has 1 aliphatic heterocycles. The van der Waals surface area contributed by atoms with Gasteiger partial charge in [-0.1, -0.05) is 0 Å². The SMILES string of the molecule is COCCn1cc(NCC2CCC(C)O2)cn1. The van der Waals surface area contributed by atoms with Crippen LogP contribution in [0.3, 0.4) is 0 Å². The van der Waals surface area contributed by atoms with Crippen molar-refractivity contribution in [2.45, 2.75) is 38.5 Å². The first kappa shape index (κ1) is 12.4. The topological polar surface area (TPSA) is 48.3 Å². The predicted octanol–water partition coefficient (Wildman–Crippen LogP) is 1.51. The van der Waals surface area contributed by atoms with Crippen molar-refractivity contribution < 1.29 is 9.47 Å². The number of ether oxygens (including phenoxy) is 2. The molecule has 1 aromatic rings. The van der Waals surface area contributed by atoms with Crippen molar-refractivity contribution in [2.75, 3.05) is 25.6 Å². The highest BCUT2D eigenvalue weighted by atomic mass is 16.5. The Morgan fingerprint density at radius 2 is 2.47 bits per heavy atom. The van der Waals surface area contributed by atoms with Crippen LogP contribution in [0.4, 0.5) is 5.69 Å². The average molecular weight is 239 g/mol. The lowest BCUT2D eigenvalue weighted by Crippen LogP contribution is -2.19. The van der Waals surface area contributed by atoms with Crippen molar-refractivity contribution >= 4 is 5.69 Å². The number of nitrogens with zero attached hydrogens (tertiary/aromatic N) is 2. The second-order valence-corrected chi connectivity index (χ2v) is 4.51. The fourth-order valence-corrected chi connectivity index (χ4v) is 2.03. The minimum absolute atomic E-state index is 0.340. The fourth-order valence-electron chi connectivity index (χ4n) is 2.03. The maximum atomic E-state index is 5.74. The van der Waals surface area contributed by atoms with Gasteiger partial charge >= 0.3 is 0 Å². The molecule has 1 aromatic heterocycles. The van der Waals surface area contributed by atoms with E-state index < -0.39 is 0 Å². The Labute approximate surface area is 102 Å². The van der Waals surface area contributed by atoms with Gasteiger partial charge in [-0.15, -0.1) is 0 Å². The molecule has 2 atom stereocenters. The number of hydrogen-bond acceptors (Lipinski definition) is 4. The second-order valence-electron chi connectivity index (χ2n) is 4.51. The molecule has 0 saturated carbocycles. The normalized spacial score (nSPS) is 24.1. The Bertz CT molecular complexity index is 340. The van der Waals surface area contributed by atoms with Gasteiger partial charge in [-0.3, -0.25) is 4.68 Å². The Hall–Kier alpha value is -1.07. The van der Waals surface area contributed by atoms with Crippen LogP contribution >= 0.6 is 0 Å². The molecule has 2 heterocycles. The zero-order chi connectivity index (χ0) is 12.1. The predicted molar refractivity (Wildman–Crippen MR) is 66.2 cm³/mol. The molecule has 2 unspecified atom stereocenters. The molecule has 2 rings (SSSR count). The van der Waals surface area contributed by atoms with Gasteiger partial charge in [0.1, 0.15) is 0 Å². The summed E-state index contributed by atoms with van der Waals surface area (Å²) in [5, 5.41) is 7.60. The smallest absolute Gasteiger partial charge is 0.0751 e. The Balaban J connectivity index is 1.73. The number of methoxy groups -OCH3 is 1. The van der Waals surface area contributed by atoms with E-state index in [1.807, 2.05) is 17.1 Å². The van der Waals surface area contributed by atoms with E-state index in [4.69, 9.17) is 9.47 Å². The lowest BCUT2D eigenvalue weighted by atomic mass is 10.2. The van der Waals surface area contributed by atoms with Crippen molar-refractivity contribution in [1.29, 1.82) is 0 Å². The van der Waals surface area contributed by atoms with Gasteiger partial charge in [-0.25, -0.2) is 0 Å². The third-order valence-electron chi connectivity index (χ3n) is 3.01. The maximum absolute atomic E-state index is 5.74. The third kappa shape index (κ3) is 3.71. The van der Waals surface area contributed by atoms with E-state index in [1.54, 1.807) is 7.11 Å². The summed E-state index contributed by atoms with van der Waals surface area (Å²) in [5.74, 6) is 0. The third-order valence-corrected chi connectivity index (χ3v) is 3.01. The molecule has 1 N–H and O–H groups in total. The summed E-state index contributed by atoms with van der Waals surface area (Å²) in [6.07, 6.45) is 6.90. The van der Waals surface area contributed by atoms with E-state index in [1.165, 1.54) is 6.42 Å². The second kappa shape index (κ2) is 6.02. The summed E-state index contributed by atoms with van der Waals surface area (Å²) in [6, 6.07) is 0. The molecule has 0 bridgehead atoms. The molecular weight excluding hydrogens is 218 g/mol. The Morgan fingerprint density at radius 3 is 3.18 bits per heavy atom. The standard InChI is InChI=1S/C12H21N3O2/c1-10-3-4-12(17-10)8-13-11-7-14-15(9-11)5-6-16-2/h7,9-10,12-13H,3-6,8H2,1-2H3. The van der Waals surface area contributed by atoms with Crippen molar-refractivity contribution in [3.05, 3.63) is 12.4 Å². The van der Waals surface area contributed by atoms with Crippen molar-refractivity contribution in [2.24, 2.45) is 0 Å². The number of nitrogens with one attached hydrogen (secondary N) is 1. The van der Waals surface area contributed by atoms with E-state index in [0.29, 0.717) is 18.8 Å².